The second-order valence-corrected chi connectivity index (χ2v) is 6.25. The lowest BCUT2D eigenvalue weighted by Crippen LogP contribution is -2.35. The fourth-order valence-corrected chi connectivity index (χ4v) is 3.48. The lowest BCUT2D eigenvalue weighted by molar-refractivity contribution is 0.235. The molecule has 1 fully saturated rings. The van der Waals surface area contributed by atoms with Crippen LogP contribution in [0.2, 0.25) is 0 Å². The van der Waals surface area contributed by atoms with E-state index in [9.17, 15) is 0 Å². The summed E-state index contributed by atoms with van der Waals surface area (Å²) in [7, 11) is 0. The van der Waals surface area contributed by atoms with Crippen molar-refractivity contribution in [3.8, 4) is 0 Å². The molecule has 0 amide bonds. The molecule has 1 N–H and O–H groups in total. The molecule has 102 valence electrons. The van der Waals surface area contributed by atoms with Crippen LogP contribution in [0.15, 0.2) is 34.7 Å². The van der Waals surface area contributed by atoms with Crippen LogP contribution >= 0.6 is 0 Å². The summed E-state index contributed by atoms with van der Waals surface area (Å²) in [4.78, 5) is 0. The second-order valence-electron chi connectivity index (χ2n) is 6.25. The van der Waals surface area contributed by atoms with Crippen LogP contribution in [-0.4, -0.2) is 6.04 Å². The maximum absolute atomic E-state index is 5.85. The van der Waals surface area contributed by atoms with Gasteiger partial charge in [-0.2, -0.15) is 0 Å². The molecule has 0 spiro atoms. The van der Waals surface area contributed by atoms with E-state index in [-0.39, 0.29) is 0 Å². The Morgan fingerprint density at radius 3 is 2.58 bits per heavy atom. The minimum absolute atomic E-state index is 0.645. The van der Waals surface area contributed by atoms with Gasteiger partial charge in [0.1, 0.15) is 11.3 Å². The second kappa shape index (κ2) is 5.38. The highest BCUT2D eigenvalue weighted by Crippen LogP contribution is 2.29. The Bertz CT molecular complexity index is 502. The smallest absolute Gasteiger partial charge is 0.134 e. The van der Waals surface area contributed by atoms with Crippen LogP contribution < -0.4 is 5.32 Å². The number of benzene rings is 1. The molecule has 0 aliphatic heterocycles. The van der Waals surface area contributed by atoms with E-state index in [1.54, 1.807) is 0 Å². The van der Waals surface area contributed by atoms with Crippen LogP contribution in [-0.2, 0) is 6.54 Å². The van der Waals surface area contributed by atoms with Gasteiger partial charge in [0.05, 0.1) is 6.54 Å². The summed E-state index contributed by atoms with van der Waals surface area (Å²) in [5.74, 6) is 2.74. The van der Waals surface area contributed by atoms with Crippen molar-refractivity contribution in [2.24, 2.45) is 11.8 Å². The Labute approximate surface area is 115 Å². The molecule has 0 saturated heterocycles. The molecule has 1 aliphatic rings. The maximum atomic E-state index is 5.85. The first-order valence-corrected chi connectivity index (χ1v) is 7.41. The highest BCUT2D eigenvalue weighted by Gasteiger charge is 2.23. The molecule has 19 heavy (non-hydrogen) atoms. The van der Waals surface area contributed by atoms with Gasteiger partial charge in [-0.25, -0.2) is 0 Å². The van der Waals surface area contributed by atoms with Gasteiger partial charge in [0.2, 0.25) is 0 Å². The molecule has 0 radical (unpaired) electrons. The summed E-state index contributed by atoms with van der Waals surface area (Å²) in [6.07, 6.45) is 3.97. The van der Waals surface area contributed by atoms with Gasteiger partial charge in [-0.3, -0.25) is 0 Å². The number of hydrogen-bond donors (Lipinski definition) is 1. The molecule has 1 aromatic carbocycles. The number of rotatable bonds is 3. The van der Waals surface area contributed by atoms with E-state index in [0.717, 1.165) is 29.7 Å². The van der Waals surface area contributed by atoms with Crippen LogP contribution in [0.25, 0.3) is 11.0 Å². The highest BCUT2D eigenvalue weighted by molar-refractivity contribution is 5.77. The number of nitrogens with one attached hydrogen (secondary N) is 1. The van der Waals surface area contributed by atoms with Gasteiger partial charge in [0, 0.05) is 11.4 Å². The third-order valence-corrected chi connectivity index (χ3v) is 4.22. The maximum Gasteiger partial charge on any atom is 0.134 e. The first-order chi connectivity index (χ1) is 9.20. The largest absolute Gasteiger partial charge is 0.460 e. The number of furan rings is 1. The fourth-order valence-electron chi connectivity index (χ4n) is 3.48. The van der Waals surface area contributed by atoms with Gasteiger partial charge in [-0.1, -0.05) is 32.0 Å². The predicted octanol–water partition coefficient (Wildman–Crippen LogP) is 4.35. The van der Waals surface area contributed by atoms with E-state index in [4.69, 9.17) is 4.42 Å². The third-order valence-electron chi connectivity index (χ3n) is 4.22. The van der Waals surface area contributed by atoms with Crippen LogP contribution in [0.1, 0.15) is 38.9 Å². The quantitative estimate of drug-likeness (QED) is 0.884. The lowest BCUT2D eigenvalue weighted by Gasteiger charge is -2.31. The van der Waals surface area contributed by atoms with E-state index in [2.05, 4.69) is 37.4 Å². The number of hydrogen-bond acceptors (Lipinski definition) is 2. The van der Waals surface area contributed by atoms with Crippen LogP contribution in [0, 0.1) is 11.8 Å². The summed E-state index contributed by atoms with van der Waals surface area (Å²) in [5, 5.41) is 4.86. The first kappa shape index (κ1) is 12.7. The Hall–Kier alpha value is -1.28. The molecule has 1 aliphatic carbocycles. The van der Waals surface area contributed by atoms with E-state index < -0.39 is 0 Å². The zero-order valence-corrected chi connectivity index (χ0v) is 11.9. The van der Waals surface area contributed by atoms with Gasteiger partial charge < -0.3 is 9.73 Å². The zero-order chi connectivity index (χ0) is 13.2. The van der Waals surface area contributed by atoms with E-state index >= 15 is 0 Å². The first-order valence-electron chi connectivity index (χ1n) is 7.41. The van der Waals surface area contributed by atoms with E-state index in [1.807, 2.05) is 12.1 Å². The van der Waals surface area contributed by atoms with Crippen LogP contribution in [0.4, 0.5) is 0 Å². The van der Waals surface area contributed by atoms with Crippen LogP contribution in [0.3, 0.4) is 0 Å². The van der Waals surface area contributed by atoms with Gasteiger partial charge in [-0.05, 0) is 43.2 Å². The molecule has 2 atom stereocenters. The van der Waals surface area contributed by atoms with Crippen molar-refractivity contribution < 1.29 is 4.42 Å². The Morgan fingerprint density at radius 2 is 1.84 bits per heavy atom. The van der Waals surface area contributed by atoms with Gasteiger partial charge in [0.15, 0.2) is 0 Å². The van der Waals surface area contributed by atoms with Crippen molar-refractivity contribution >= 4 is 11.0 Å². The highest BCUT2D eigenvalue weighted by atomic mass is 16.3. The summed E-state index contributed by atoms with van der Waals surface area (Å²) in [6.45, 7) is 5.58. The predicted molar refractivity (Wildman–Crippen MR) is 79.0 cm³/mol. The molecule has 1 saturated carbocycles. The van der Waals surface area contributed by atoms with Crippen LogP contribution in [0.5, 0.6) is 0 Å². The minimum Gasteiger partial charge on any atom is -0.460 e. The molecule has 2 unspecified atom stereocenters. The Kier molecular flexibility index (Phi) is 3.61. The molecular weight excluding hydrogens is 234 g/mol. The SMILES string of the molecule is CC1CC(C)CC(NCc2cc3ccccc3o2)C1. The van der Waals surface area contributed by atoms with Crippen molar-refractivity contribution in [1.29, 1.82) is 0 Å². The van der Waals surface area contributed by atoms with Gasteiger partial charge in [0.25, 0.3) is 0 Å². The fraction of sp³-hybridized carbons (Fsp3) is 0.529. The number of para-hydroxylation sites is 1. The Morgan fingerprint density at radius 1 is 1.11 bits per heavy atom. The van der Waals surface area contributed by atoms with Crippen molar-refractivity contribution in [2.75, 3.05) is 0 Å². The number of fused-ring (bicyclic) bond motifs is 1. The third kappa shape index (κ3) is 3.01. The van der Waals surface area contributed by atoms with E-state index in [0.29, 0.717) is 6.04 Å². The molecule has 3 rings (SSSR count). The monoisotopic (exact) mass is 257 g/mol. The summed E-state index contributed by atoms with van der Waals surface area (Å²) >= 11 is 0. The molecule has 0 bridgehead atoms. The van der Waals surface area contributed by atoms with Gasteiger partial charge >= 0.3 is 0 Å². The normalized spacial score (nSPS) is 27.8. The molecular formula is C17H23NO. The van der Waals surface area contributed by atoms with Crippen molar-refractivity contribution in [3.05, 3.63) is 36.1 Å². The molecule has 2 nitrogen and oxygen atoms in total. The molecule has 2 aromatic rings. The van der Waals surface area contributed by atoms with Crippen molar-refractivity contribution in [2.45, 2.75) is 45.7 Å². The Balaban J connectivity index is 1.62. The van der Waals surface area contributed by atoms with Crippen molar-refractivity contribution in [3.63, 3.8) is 0 Å². The van der Waals surface area contributed by atoms with Crippen molar-refractivity contribution in [1.82, 2.24) is 5.32 Å². The summed E-state index contributed by atoms with van der Waals surface area (Å²) in [5.41, 5.74) is 0.990. The molecule has 1 aromatic heterocycles. The summed E-state index contributed by atoms with van der Waals surface area (Å²) in [6, 6.07) is 11.0. The molecule has 1 heterocycles. The van der Waals surface area contributed by atoms with Gasteiger partial charge in [-0.15, -0.1) is 0 Å². The summed E-state index contributed by atoms with van der Waals surface area (Å²) < 4.78 is 5.85. The average Bonchev–Trinajstić information content (AvgIpc) is 2.78. The minimum atomic E-state index is 0.645. The molecule has 2 heteroatoms. The lowest BCUT2D eigenvalue weighted by atomic mass is 9.80. The zero-order valence-electron chi connectivity index (χ0n) is 11.9. The van der Waals surface area contributed by atoms with E-state index in [1.165, 1.54) is 24.6 Å². The standard InChI is InChI=1S/C17H23NO/c1-12-7-13(2)9-15(8-12)18-11-16-10-14-5-3-4-6-17(14)19-16/h3-6,10,12-13,15,18H,7-9,11H2,1-2H3. The average molecular weight is 257 g/mol. The topological polar surface area (TPSA) is 25.2 Å².